The molecule has 1 fully saturated rings. The molecule has 0 radical (unpaired) electrons. The monoisotopic (exact) mass is 256 g/mol. The van der Waals surface area contributed by atoms with Gasteiger partial charge < -0.3 is 15.4 Å². The lowest BCUT2D eigenvalue weighted by Gasteiger charge is -2.37. The van der Waals surface area contributed by atoms with E-state index in [1.165, 1.54) is 6.42 Å². The summed E-state index contributed by atoms with van der Waals surface area (Å²) in [6, 6.07) is 0.506. The van der Waals surface area contributed by atoms with Crippen LogP contribution in [0, 0.1) is 0 Å². The van der Waals surface area contributed by atoms with E-state index >= 15 is 0 Å². The number of rotatable bonds is 3. The number of carbonyl (C=O) groups excluding carboxylic acids is 1. The van der Waals surface area contributed by atoms with Crippen molar-refractivity contribution < 1.29 is 9.53 Å². The lowest BCUT2D eigenvalue weighted by molar-refractivity contribution is 0.00848. The van der Waals surface area contributed by atoms with Crippen molar-refractivity contribution in [2.45, 2.75) is 77.5 Å². The van der Waals surface area contributed by atoms with E-state index in [0.717, 1.165) is 32.2 Å². The van der Waals surface area contributed by atoms with Crippen molar-refractivity contribution in [3.05, 3.63) is 0 Å². The zero-order valence-electron chi connectivity index (χ0n) is 12.2. The van der Waals surface area contributed by atoms with Crippen LogP contribution in [0.25, 0.3) is 0 Å². The van der Waals surface area contributed by atoms with E-state index in [-0.39, 0.29) is 12.1 Å². The highest BCUT2D eigenvalue weighted by molar-refractivity contribution is 5.68. The van der Waals surface area contributed by atoms with Crippen LogP contribution in [0.1, 0.15) is 59.8 Å². The fourth-order valence-corrected chi connectivity index (χ4v) is 2.32. The molecule has 1 unspecified atom stereocenters. The summed E-state index contributed by atoms with van der Waals surface area (Å²) in [7, 11) is 0. The van der Waals surface area contributed by atoms with E-state index in [1.54, 1.807) is 0 Å². The Hall–Kier alpha value is -0.770. The summed E-state index contributed by atoms with van der Waals surface area (Å²) < 4.78 is 5.47. The van der Waals surface area contributed by atoms with E-state index < -0.39 is 5.60 Å². The molecule has 4 nitrogen and oxygen atoms in total. The first-order chi connectivity index (χ1) is 8.29. The van der Waals surface area contributed by atoms with Crippen LogP contribution in [0.3, 0.4) is 0 Å². The molecule has 106 valence electrons. The second-order valence-electron chi connectivity index (χ2n) is 6.38. The summed E-state index contributed by atoms with van der Waals surface area (Å²) in [5, 5.41) is 0. The topological polar surface area (TPSA) is 55.6 Å². The van der Waals surface area contributed by atoms with Gasteiger partial charge in [-0.05, 0) is 59.8 Å². The van der Waals surface area contributed by atoms with Crippen molar-refractivity contribution in [1.29, 1.82) is 0 Å². The van der Waals surface area contributed by atoms with Gasteiger partial charge in [0.05, 0.1) is 0 Å². The predicted octanol–water partition coefficient (Wildman–Crippen LogP) is 2.90. The van der Waals surface area contributed by atoms with Crippen LogP contribution in [0.15, 0.2) is 0 Å². The average Bonchev–Trinajstić information content (AvgIpc) is 2.24. The Balaban J connectivity index is 2.55. The maximum atomic E-state index is 12.1. The summed E-state index contributed by atoms with van der Waals surface area (Å²) >= 11 is 0. The molecule has 0 spiro atoms. The number of hydrogen-bond donors (Lipinski definition) is 1. The zero-order chi connectivity index (χ0) is 13.8. The van der Waals surface area contributed by atoms with Crippen LogP contribution in [0.2, 0.25) is 0 Å². The first-order valence-electron chi connectivity index (χ1n) is 7.05. The fourth-order valence-electron chi connectivity index (χ4n) is 2.32. The first kappa shape index (κ1) is 15.3. The molecule has 0 aromatic carbocycles. The van der Waals surface area contributed by atoms with Crippen LogP contribution < -0.4 is 5.73 Å². The van der Waals surface area contributed by atoms with Crippen LogP contribution >= 0.6 is 0 Å². The van der Waals surface area contributed by atoms with Gasteiger partial charge in [-0.3, -0.25) is 0 Å². The molecule has 1 amide bonds. The van der Waals surface area contributed by atoms with E-state index in [9.17, 15) is 4.79 Å². The number of amides is 1. The molecule has 1 heterocycles. The average molecular weight is 256 g/mol. The van der Waals surface area contributed by atoms with Crippen molar-refractivity contribution in [2.75, 3.05) is 6.54 Å². The SMILES string of the molecule is C[C@@H](N)CCC1CCCCN1C(=O)OC(C)(C)C. The lowest BCUT2D eigenvalue weighted by Crippen LogP contribution is -2.46. The number of carbonyl (C=O) groups is 1. The minimum atomic E-state index is -0.416. The molecule has 0 aliphatic carbocycles. The number of ether oxygens (including phenoxy) is 1. The summed E-state index contributed by atoms with van der Waals surface area (Å²) in [4.78, 5) is 14.0. The number of nitrogens with two attached hydrogens (primary N) is 1. The van der Waals surface area contributed by atoms with Gasteiger partial charge in [-0.2, -0.15) is 0 Å². The van der Waals surface area contributed by atoms with E-state index in [4.69, 9.17) is 10.5 Å². The van der Waals surface area contributed by atoms with Crippen LogP contribution in [0.4, 0.5) is 4.79 Å². The molecule has 1 aliphatic rings. The summed E-state index contributed by atoms with van der Waals surface area (Å²) in [5.74, 6) is 0. The second-order valence-corrected chi connectivity index (χ2v) is 6.38. The molecule has 2 N–H and O–H groups in total. The van der Waals surface area contributed by atoms with Gasteiger partial charge in [-0.15, -0.1) is 0 Å². The van der Waals surface area contributed by atoms with Crippen LogP contribution in [0.5, 0.6) is 0 Å². The standard InChI is InChI=1S/C14H28N2O2/c1-11(15)8-9-12-7-5-6-10-16(12)13(17)18-14(2,3)4/h11-12H,5-10,15H2,1-4H3/t11-,12?/m1/s1. The van der Waals surface area contributed by atoms with Gasteiger partial charge in [0.1, 0.15) is 5.60 Å². The maximum Gasteiger partial charge on any atom is 0.410 e. The third-order valence-corrected chi connectivity index (χ3v) is 3.21. The number of nitrogens with zero attached hydrogens (tertiary/aromatic N) is 1. The molecule has 2 atom stereocenters. The smallest absolute Gasteiger partial charge is 0.410 e. The normalized spacial score (nSPS) is 22.7. The Kier molecular flexibility index (Phi) is 5.45. The summed E-state index contributed by atoms with van der Waals surface area (Å²) in [6.45, 7) is 8.56. The van der Waals surface area contributed by atoms with E-state index in [2.05, 4.69) is 0 Å². The molecule has 0 aromatic heterocycles. The zero-order valence-corrected chi connectivity index (χ0v) is 12.2. The van der Waals surface area contributed by atoms with Gasteiger partial charge in [0, 0.05) is 18.6 Å². The highest BCUT2D eigenvalue weighted by Crippen LogP contribution is 2.23. The molecular formula is C14H28N2O2. The Morgan fingerprint density at radius 2 is 2.11 bits per heavy atom. The molecule has 1 aliphatic heterocycles. The molecule has 0 saturated carbocycles. The Labute approximate surface area is 111 Å². The largest absolute Gasteiger partial charge is 0.444 e. The molecule has 1 rings (SSSR count). The maximum absolute atomic E-state index is 12.1. The number of piperidine rings is 1. The minimum Gasteiger partial charge on any atom is -0.444 e. The Morgan fingerprint density at radius 3 is 2.67 bits per heavy atom. The van der Waals surface area contributed by atoms with Crippen molar-refractivity contribution in [1.82, 2.24) is 4.90 Å². The van der Waals surface area contributed by atoms with Crippen molar-refractivity contribution >= 4 is 6.09 Å². The second kappa shape index (κ2) is 6.41. The highest BCUT2D eigenvalue weighted by atomic mass is 16.6. The van der Waals surface area contributed by atoms with E-state index in [0.29, 0.717) is 6.04 Å². The lowest BCUT2D eigenvalue weighted by atomic mass is 9.97. The van der Waals surface area contributed by atoms with Gasteiger partial charge >= 0.3 is 6.09 Å². The van der Waals surface area contributed by atoms with Crippen molar-refractivity contribution in [2.24, 2.45) is 5.73 Å². The van der Waals surface area contributed by atoms with Gasteiger partial charge in [0.15, 0.2) is 0 Å². The molecule has 4 heteroatoms. The molecule has 0 bridgehead atoms. The van der Waals surface area contributed by atoms with E-state index in [1.807, 2.05) is 32.6 Å². The van der Waals surface area contributed by atoms with Crippen molar-refractivity contribution in [3.63, 3.8) is 0 Å². The summed E-state index contributed by atoms with van der Waals surface area (Å²) in [5.41, 5.74) is 5.38. The van der Waals surface area contributed by atoms with Gasteiger partial charge in [-0.25, -0.2) is 4.79 Å². The third kappa shape index (κ3) is 5.25. The Bertz CT molecular complexity index is 271. The third-order valence-electron chi connectivity index (χ3n) is 3.21. The predicted molar refractivity (Wildman–Crippen MR) is 73.5 cm³/mol. The van der Waals surface area contributed by atoms with Gasteiger partial charge in [-0.1, -0.05) is 0 Å². The number of likely N-dealkylation sites (tertiary alicyclic amines) is 1. The molecule has 1 saturated heterocycles. The van der Waals surface area contributed by atoms with Crippen LogP contribution in [-0.2, 0) is 4.74 Å². The van der Waals surface area contributed by atoms with Gasteiger partial charge in [0.2, 0.25) is 0 Å². The fraction of sp³-hybridized carbons (Fsp3) is 0.929. The molecule has 0 aromatic rings. The molecular weight excluding hydrogens is 228 g/mol. The number of hydrogen-bond acceptors (Lipinski definition) is 3. The van der Waals surface area contributed by atoms with Crippen molar-refractivity contribution in [3.8, 4) is 0 Å². The van der Waals surface area contributed by atoms with Gasteiger partial charge in [0.25, 0.3) is 0 Å². The minimum absolute atomic E-state index is 0.170. The highest BCUT2D eigenvalue weighted by Gasteiger charge is 2.30. The molecule has 18 heavy (non-hydrogen) atoms. The van der Waals surface area contributed by atoms with Crippen LogP contribution in [-0.4, -0.2) is 35.2 Å². The Morgan fingerprint density at radius 1 is 1.44 bits per heavy atom. The quantitative estimate of drug-likeness (QED) is 0.844. The first-order valence-corrected chi connectivity index (χ1v) is 7.05. The summed E-state index contributed by atoms with van der Waals surface area (Å²) in [6.07, 6.45) is 5.13.